The van der Waals surface area contributed by atoms with Crippen LogP contribution in [0, 0.1) is 0 Å². The molecule has 2 rings (SSSR count). The summed E-state index contributed by atoms with van der Waals surface area (Å²) in [5.41, 5.74) is 0. The molecule has 0 unspecified atom stereocenters. The van der Waals surface area contributed by atoms with Crippen molar-refractivity contribution in [2.24, 2.45) is 0 Å². The lowest BCUT2D eigenvalue weighted by atomic mass is 10.4. The van der Waals surface area contributed by atoms with Gasteiger partial charge in [0.25, 0.3) is 0 Å². The number of hydrogen-bond donors (Lipinski definition) is 1. The summed E-state index contributed by atoms with van der Waals surface area (Å²) in [6.07, 6.45) is 0. The molecule has 0 saturated carbocycles. The van der Waals surface area contributed by atoms with Crippen LogP contribution in [0.2, 0.25) is 0 Å². The molecule has 0 aromatic carbocycles. The fourth-order valence-electron chi connectivity index (χ4n) is 1.51. The van der Waals surface area contributed by atoms with Crippen LogP contribution >= 0.6 is 27.3 Å². The fraction of sp³-hybridized carbons (Fsp3) is 0.400. The monoisotopic (exact) mass is 300 g/mol. The maximum atomic E-state index is 4.23. The molecule has 0 radical (unpaired) electrons. The second-order valence-electron chi connectivity index (χ2n) is 3.23. The second-order valence-corrected chi connectivity index (χ2v) is 5.69. The highest BCUT2D eigenvalue weighted by Gasteiger charge is 2.13. The van der Waals surface area contributed by atoms with Crippen LogP contribution in [0.15, 0.2) is 15.9 Å². The van der Waals surface area contributed by atoms with Crippen LogP contribution in [0.25, 0.3) is 10.7 Å². The Morgan fingerprint density at radius 1 is 1.38 bits per heavy atom. The van der Waals surface area contributed by atoms with Gasteiger partial charge in [0.15, 0.2) is 5.82 Å². The minimum absolute atomic E-state index is 0.838. The number of nitrogens with zero attached hydrogens (tertiary/aromatic N) is 3. The van der Waals surface area contributed by atoms with E-state index in [1.165, 1.54) is 0 Å². The van der Waals surface area contributed by atoms with Crippen LogP contribution in [0.4, 0.5) is 5.95 Å². The molecule has 0 atom stereocenters. The van der Waals surface area contributed by atoms with Crippen molar-refractivity contribution in [1.82, 2.24) is 14.8 Å². The zero-order valence-electron chi connectivity index (χ0n) is 9.20. The van der Waals surface area contributed by atoms with Gasteiger partial charge in [0, 0.05) is 13.1 Å². The minimum atomic E-state index is 0.838. The summed E-state index contributed by atoms with van der Waals surface area (Å²) in [5.74, 6) is 1.76. The van der Waals surface area contributed by atoms with Crippen molar-refractivity contribution in [1.29, 1.82) is 0 Å². The van der Waals surface area contributed by atoms with E-state index in [2.05, 4.69) is 55.9 Å². The summed E-state index contributed by atoms with van der Waals surface area (Å²) in [6, 6.07) is 4.09. The van der Waals surface area contributed by atoms with Crippen LogP contribution in [-0.4, -0.2) is 21.3 Å². The van der Waals surface area contributed by atoms with Crippen LogP contribution in [0.5, 0.6) is 0 Å². The largest absolute Gasteiger partial charge is 0.355 e. The van der Waals surface area contributed by atoms with Crippen molar-refractivity contribution >= 4 is 33.2 Å². The Balaban J connectivity index is 2.41. The lowest BCUT2D eigenvalue weighted by Crippen LogP contribution is -2.06. The van der Waals surface area contributed by atoms with Gasteiger partial charge in [-0.2, -0.15) is 0 Å². The molecule has 86 valence electrons. The average Bonchev–Trinajstić information content (AvgIpc) is 2.85. The summed E-state index contributed by atoms with van der Waals surface area (Å²) in [7, 11) is 0. The molecule has 0 fully saturated rings. The normalized spacial score (nSPS) is 10.7. The van der Waals surface area contributed by atoms with Crippen molar-refractivity contribution < 1.29 is 0 Å². The van der Waals surface area contributed by atoms with Gasteiger partial charge in [-0.25, -0.2) is 0 Å². The Labute approximate surface area is 107 Å². The molecule has 1 N–H and O–H groups in total. The van der Waals surface area contributed by atoms with E-state index >= 15 is 0 Å². The van der Waals surface area contributed by atoms with Crippen molar-refractivity contribution in [2.45, 2.75) is 20.4 Å². The Morgan fingerprint density at radius 2 is 2.19 bits per heavy atom. The van der Waals surface area contributed by atoms with Gasteiger partial charge in [-0.15, -0.1) is 21.5 Å². The van der Waals surface area contributed by atoms with Gasteiger partial charge in [0.1, 0.15) is 0 Å². The smallest absolute Gasteiger partial charge is 0.224 e. The molecule has 0 amide bonds. The first kappa shape index (κ1) is 11.6. The molecule has 0 saturated heterocycles. The zero-order chi connectivity index (χ0) is 11.5. The van der Waals surface area contributed by atoms with Crippen LogP contribution in [-0.2, 0) is 6.54 Å². The van der Waals surface area contributed by atoms with Crippen LogP contribution in [0.3, 0.4) is 0 Å². The summed E-state index contributed by atoms with van der Waals surface area (Å²) < 4.78 is 3.19. The highest BCUT2D eigenvalue weighted by atomic mass is 79.9. The minimum Gasteiger partial charge on any atom is -0.355 e. The van der Waals surface area contributed by atoms with Gasteiger partial charge in [-0.1, -0.05) is 0 Å². The first-order valence-electron chi connectivity index (χ1n) is 5.19. The van der Waals surface area contributed by atoms with Gasteiger partial charge in [-0.05, 0) is 41.9 Å². The molecule has 2 aromatic rings. The summed E-state index contributed by atoms with van der Waals surface area (Å²) in [6.45, 7) is 5.86. The van der Waals surface area contributed by atoms with E-state index in [0.717, 1.165) is 33.5 Å². The zero-order valence-corrected chi connectivity index (χ0v) is 11.6. The van der Waals surface area contributed by atoms with Crippen molar-refractivity contribution in [3.05, 3.63) is 15.9 Å². The summed E-state index contributed by atoms with van der Waals surface area (Å²) in [4.78, 5) is 1.13. The van der Waals surface area contributed by atoms with Gasteiger partial charge in [-0.3, -0.25) is 4.57 Å². The van der Waals surface area contributed by atoms with E-state index in [0.29, 0.717) is 0 Å². The Bertz CT molecular complexity index is 477. The number of rotatable bonds is 4. The highest BCUT2D eigenvalue weighted by molar-refractivity contribution is 9.11. The standard InChI is InChI=1S/C10H13BrN4S/c1-3-12-10-14-13-9(15(10)4-2)7-5-6-8(11)16-7/h5-6H,3-4H2,1-2H3,(H,12,14). The molecule has 2 heterocycles. The number of halogens is 1. The van der Waals surface area contributed by atoms with Gasteiger partial charge >= 0.3 is 0 Å². The molecule has 0 spiro atoms. The van der Waals surface area contributed by atoms with Gasteiger partial charge in [0.05, 0.1) is 8.66 Å². The fourth-order valence-corrected chi connectivity index (χ4v) is 2.89. The molecule has 0 bridgehead atoms. The number of aromatic nitrogens is 3. The Kier molecular flexibility index (Phi) is 3.60. The van der Waals surface area contributed by atoms with E-state index < -0.39 is 0 Å². The number of hydrogen-bond acceptors (Lipinski definition) is 4. The van der Waals surface area contributed by atoms with Crippen LogP contribution < -0.4 is 5.32 Å². The quantitative estimate of drug-likeness (QED) is 0.943. The van der Waals surface area contributed by atoms with Crippen molar-refractivity contribution in [3.63, 3.8) is 0 Å². The third-order valence-electron chi connectivity index (χ3n) is 2.20. The predicted molar refractivity (Wildman–Crippen MR) is 70.9 cm³/mol. The number of thiophene rings is 1. The number of nitrogens with one attached hydrogen (secondary N) is 1. The van der Waals surface area contributed by atoms with Crippen molar-refractivity contribution in [2.75, 3.05) is 11.9 Å². The second kappa shape index (κ2) is 4.97. The Hall–Kier alpha value is -0.880. The summed E-state index contributed by atoms with van der Waals surface area (Å²) >= 11 is 5.13. The van der Waals surface area contributed by atoms with Crippen molar-refractivity contribution in [3.8, 4) is 10.7 Å². The third kappa shape index (κ3) is 2.12. The first-order chi connectivity index (χ1) is 7.76. The SMILES string of the molecule is CCNc1nnc(-c2ccc(Br)s2)n1CC. The first-order valence-corrected chi connectivity index (χ1v) is 6.80. The molecule has 0 aliphatic rings. The molecular formula is C10H13BrN4S. The summed E-state index contributed by atoms with van der Waals surface area (Å²) in [5, 5.41) is 11.6. The molecule has 6 heteroatoms. The van der Waals surface area contributed by atoms with Crippen LogP contribution in [0.1, 0.15) is 13.8 Å². The third-order valence-corrected chi connectivity index (χ3v) is 3.82. The topological polar surface area (TPSA) is 42.7 Å². The maximum absolute atomic E-state index is 4.23. The maximum Gasteiger partial charge on any atom is 0.224 e. The van der Waals surface area contributed by atoms with E-state index in [9.17, 15) is 0 Å². The molecule has 2 aromatic heterocycles. The number of anilines is 1. The van der Waals surface area contributed by atoms with E-state index in [4.69, 9.17) is 0 Å². The molecule has 4 nitrogen and oxygen atoms in total. The van der Waals surface area contributed by atoms with E-state index in [1.54, 1.807) is 11.3 Å². The molecule has 0 aliphatic heterocycles. The highest BCUT2D eigenvalue weighted by Crippen LogP contribution is 2.31. The van der Waals surface area contributed by atoms with E-state index in [-0.39, 0.29) is 0 Å². The molecule has 0 aliphatic carbocycles. The van der Waals surface area contributed by atoms with E-state index in [1.807, 2.05) is 6.07 Å². The lowest BCUT2D eigenvalue weighted by Gasteiger charge is -2.06. The Morgan fingerprint density at radius 3 is 2.75 bits per heavy atom. The average molecular weight is 301 g/mol. The predicted octanol–water partition coefficient (Wildman–Crippen LogP) is 3.22. The van der Waals surface area contributed by atoms with Gasteiger partial charge in [0.2, 0.25) is 5.95 Å². The molecular weight excluding hydrogens is 288 g/mol. The molecule has 16 heavy (non-hydrogen) atoms. The lowest BCUT2D eigenvalue weighted by molar-refractivity contribution is 0.771. The van der Waals surface area contributed by atoms with Gasteiger partial charge < -0.3 is 5.32 Å².